The van der Waals surface area contributed by atoms with Crippen LogP contribution in [0.15, 0.2) is 11.8 Å². The molecule has 0 heterocycles. The van der Waals surface area contributed by atoms with Gasteiger partial charge in [-0.3, -0.25) is 4.79 Å². The molecule has 0 rings (SSSR count). The van der Waals surface area contributed by atoms with E-state index in [2.05, 4.69) is 9.47 Å². The van der Waals surface area contributed by atoms with Crippen molar-refractivity contribution in [1.29, 1.82) is 0 Å². The lowest BCUT2D eigenvalue weighted by Gasteiger charge is -2.00. The van der Waals surface area contributed by atoms with Gasteiger partial charge in [0.2, 0.25) is 5.76 Å². The minimum Gasteiger partial charge on any atom is -0.490 e. The quantitative estimate of drug-likeness (QED) is 0.336. The molecule has 0 aliphatic rings. The molecule has 0 aromatic heterocycles. The maximum absolute atomic E-state index is 10.7. The second-order valence-electron chi connectivity index (χ2n) is 1.81. The number of carbonyl (C=O) groups is 2. The Bertz CT molecular complexity index is 193. The van der Waals surface area contributed by atoms with Crippen LogP contribution in [0.25, 0.3) is 0 Å². The maximum Gasteiger partial charge on any atom is 0.373 e. The summed E-state index contributed by atoms with van der Waals surface area (Å²) >= 11 is 0. The largest absolute Gasteiger partial charge is 0.490 e. The Kier molecular flexibility index (Phi) is 3.95. The molecule has 4 nitrogen and oxygen atoms in total. The molecule has 0 aromatic carbocycles. The SMILES string of the molecule is COC(=O)/C(=C/C(C)=O)OC. The average molecular weight is 158 g/mol. The van der Waals surface area contributed by atoms with Crippen LogP contribution >= 0.6 is 0 Å². The second-order valence-corrected chi connectivity index (χ2v) is 1.81. The number of rotatable bonds is 3. The summed E-state index contributed by atoms with van der Waals surface area (Å²) in [6, 6.07) is 0. The van der Waals surface area contributed by atoms with E-state index in [1.54, 1.807) is 0 Å². The van der Waals surface area contributed by atoms with Gasteiger partial charge in [-0.15, -0.1) is 0 Å². The van der Waals surface area contributed by atoms with E-state index in [0.29, 0.717) is 0 Å². The molecule has 0 saturated heterocycles. The van der Waals surface area contributed by atoms with Gasteiger partial charge in [-0.05, 0) is 6.92 Å². The van der Waals surface area contributed by atoms with Crippen LogP contribution in [-0.4, -0.2) is 26.0 Å². The number of esters is 1. The molecule has 0 aliphatic heterocycles. The Morgan fingerprint density at radius 2 is 1.73 bits per heavy atom. The Labute approximate surface area is 64.8 Å². The van der Waals surface area contributed by atoms with Gasteiger partial charge in [-0.1, -0.05) is 0 Å². The molecular weight excluding hydrogens is 148 g/mol. The summed E-state index contributed by atoms with van der Waals surface area (Å²) in [7, 11) is 2.51. The Morgan fingerprint density at radius 3 is 2.00 bits per heavy atom. The van der Waals surface area contributed by atoms with Gasteiger partial charge in [-0.2, -0.15) is 0 Å². The molecule has 62 valence electrons. The van der Waals surface area contributed by atoms with E-state index >= 15 is 0 Å². The monoisotopic (exact) mass is 158 g/mol. The number of methoxy groups -OCH3 is 2. The van der Waals surface area contributed by atoms with Gasteiger partial charge in [0.05, 0.1) is 14.2 Å². The van der Waals surface area contributed by atoms with Crippen molar-refractivity contribution in [2.75, 3.05) is 14.2 Å². The topological polar surface area (TPSA) is 52.6 Å². The highest BCUT2D eigenvalue weighted by atomic mass is 16.6. The first-order valence-corrected chi connectivity index (χ1v) is 2.96. The van der Waals surface area contributed by atoms with Crippen LogP contribution < -0.4 is 0 Å². The summed E-state index contributed by atoms with van der Waals surface area (Å²) in [5.74, 6) is -0.991. The van der Waals surface area contributed by atoms with E-state index in [4.69, 9.17) is 0 Å². The summed E-state index contributed by atoms with van der Waals surface area (Å²) in [4.78, 5) is 21.2. The number of hydrogen-bond acceptors (Lipinski definition) is 4. The van der Waals surface area contributed by atoms with E-state index in [-0.39, 0.29) is 11.5 Å². The predicted octanol–water partition coefficient (Wildman–Crippen LogP) is 0.279. The second kappa shape index (κ2) is 4.49. The van der Waals surface area contributed by atoms with Crippen LogP contribution in [0.5, 0.6) is 0 Å². The third kappa shape index (κ3) is 3.40. The summed E-state index contributed by atoms with van der Waals surface area (Å²) in [5, 5.41) is 0. The highest BCUT2D eigenvalue weighted by molar-refractivity contribution is 5.96. The summed E-state index contributed by atoms with van der Waals surface area (Å²) < 4.78 is 8.90. The number of ketones is 1. The van der Waals surface area contributed by atoms with E-state index in [1.807, 2.05) is 0 Å². The van der Waals surface area contributed by atoms with Gasteiger partial charge in [0.25, 0.3) is 0 Å². The highest BCUT2D eigenvalue weighted by Gasteiger charge is 2.09. The number of hydrogen-bond donors (Lipinski definition) is 0. The Hall–Kier alpha value is -1.32. The smallest absolute Gasteiger partial charge is 0.373 e. The molecule has 0 bridgehead atoms. The van der Waals surface area contributed by atoms with E-state index in [0.717, 1.165) is 6.08 Å². The minimum absolute atomic E-state index is 0.0833. The molecule has 0 aromatic rings. The zero-order valence-corrected chi connectivity index (χ0v) is 6.71. The first-order valence-electron chi connectivity index (χ1n) is 2.96. The average Bonchev–Trinajstić information content (AvgIpc) is 1.98. The fourth-order valence-corrected chi connectivity index (χ4v) is 0.486. The standard InChI is InChI=1S/C7H10O4/c1-5(8)4-6(10-2)7(9)11-3/h4H,1-3H3/b6-4-. The van der Waals surface area contributed by atoms with Crippen LogP contribution in [0, 0.1) is 0 Å². The molecule has 0 atom stereocenters. The lowest BCUT2D eigenvalue weighted by Crippen LogP contribution is -2.07. The van der Waals surface area contributed by atoms with E-state index in [1.165, 1.54) is 21.1 Å². The summed E-state index contributed by atoms with van der Waals surface area (Å²) in [6.07, 6.45) is 1.08. The van der Waals surface area contributed by atoms with Crippen molar-refractivity contribution in [3.63, 3.8) is 0 Å². The predicted molar refractivity (Wildman–Crippen MR) is 37.8 cm³/mol. The third-order valence-electron chi connectivity index (χ3n) is 0.941. The zero-order valence-electron chi connectivity index (χ0n) is 6.71. The fraction of sp³-hybridized carbons (Fsp3) is 0.429. The first-order chi connectivity index (χ1) is 5.11. The van der Waals surface area contributed by atoms with Crippen LogP contribution in [0.1, 0.15) is 6.92 Å². The Balaban J connectivity index is 4.39. The van der Waals surface area contributed by atoms with E-state index < -0.39 is 5.97 Å². The van der Waals surface area contributed by atoms with Crippen LogP contribution in [0.2, 0.25) is 0 Å². The van der Waals surface area contributed by atoms with E-state index in [9.17, 15) is 9.59 Å². The van der Waals surface area contributed by atoms with Crippen molar-refractivity contribution >= 4 is 11.8 Å². The molecule has 0 aliphatic carbocycles. The van der Waals surface area contributed by atoms with Crippen LogP contribution in [0.3, 0.4) is 0 Å². The van der Waals surface area contributed by atoms with Gasteiger partial charge >= 0.3 is 5.97 Å². The molecule has 0 radical (unpaired) electrons. The third-order valence-corrected chi connectivity index (χ3v) is 0.941. The van der Waals surface area contributed by atoms with Gasteiger partial charge in [0, 0.05) is 6.08 Å². The number of ether oxygens (including phenoxy) is 2. The lowest BCUT2D eigenvalue weighted by atomic mass is 10.3. The summed E-state index contributed by atoms with van der Waals surface area (Å²) in [5.41, 5.74) is 0. The molecule has 11 heavy (non-hydrogen) atoms. The molecular formula is C7H10O4. The van der Waals surface area contributed by atoms with Crippen molar-refractivity contribution in [2.45, 2.75) is 6.92 Å². The van der Waals surface area contributed by atoms with Crippen LogP contribution in [-0.2, 0) is 19.1 Å². The van der Waals surface area contributed by atoms with Gasteiger partial charge in [-0.25, -0.2) is 4.79 Å². The molecule has 0 unspecified atom stereocenters. The number of allylic oxidation sites excluding steroid dienone is 1. The van der Waals surface area contributed by atoms with Crippen molar-refractivity contribution in [1.82, 2.24) is 0 Å². The van der Waals surface area contributed by atoms with Crippen molar-refractivity contribution < 1.29 is 19.1 Å². The van der Waals surface area contributed by atoms with Gasteiger partial charge in [0.1, 0.15) is 0 Å². The number of carbonyl (C=O) groups excluding carboxylic acids is 2. The van der Waals surface area contributed by atoms with Crippen molar-refractivity contribution in [3.05, 3.63) is 11.8 Å². The molecule has 0 fully saturated rings. The molecule has 0 saturated carbocycles. The first kappa shape index (κ1) is 9.68. The molecule has 0 N–H and O–H groups in total. The Morgan fingerprint density at radius 1 is 1.18 bits per heavy atom. The molecule has 0 spiro atoms. The normalized spacial score (nSPS) is 10.6. The fourth-order valence-electron chi connectivity index (χ4n) is 0.486. The van der Waals surface area contributed by atoms with Gasteiger partial charge < -0.3 is 9.47 Å². The molecule has 4 heteroatoms. The van der Waals surface area contributed by atoms with Crippen molar-refractivity contribution in [3.8, 4) is 0 Å². The minimum atomic E-state index is -0.650. The summed E-state index contributed by atoms with van der Waals surface area (Å²) in [6.45, 7) is 1.32. The highest BCUT2D eigenvalue weighted by Crippen LogP contribution is 1.97. The van der Waals surface area contributed by atoms with Crippen molar-refractivity contribution in [2.24, 2.45) is 0 Å². The van der Waals surface area contributed by atoms with Crippen LogP contribution in [0.4, 0.5) is 0 Å². The maximum atomic E-state index is 10.7. The zero-order chi connectivity index (χ0) is 8.85. The van der Waals surface area contributed by atoms with Gasteiger partial charge in [0.15, 0.2) is 5.78 Å². The lowest BCUT2D eigenvalue weighted by molar-refractivity contribution is -0.139. The molecule has 0 amide bonds.